The molecule has 0 amide bonds. The van der Waals surface area contributed by atoms with Gasteiger partial charge in [0, 0.05) is 29.9 Å². The summed E-state index contributed by atoms with van der Waals surface area (Å²) in [6.07, 6.45) is 4.62. The zero-order valence-corrected chi connectivity index (χ0v) is 19.0. The van der Waals surface area contributed by atoms with Crippen LogP contribution in [0.1, 0.15) is 25.1 Å². The zero-order valence-electron chi connectivity index (χ0n) is 18.2. The van der Waals surface area contributed by atoms with Gasteiger partial charge < -0.3 is 19.9 Å². The predicted molar refractivity (Wildman–Crippen MR) is 136 cm³/mol. The number of nitrogens with zero attached hydrogens (tertiary/aromatic N) is 3. The number of fused-ring (bicyclic) bond motifs is 1. The van der Waals surface area contributed by atoms with Crippen molar-refractivity contribution in [3.63, 3.8) is 0 Å². The molecule has 1 aromatic heterocycles. The van der Waals surface area contributed by atoms with E-state index in [1.807, 2.05) is 66.7 Å². The Morgan fingerprint density at radius 1 is 0.758 bits per heavy atom. The van der Waals surface area contributed by atoms with E-state index in [9.17, 15) is 0 Å². The van der Waals surface area contributed by atoms with Gasteiger partial charge in [-0.15, -0.1) is 10.2 Å². The number of hydrogen-bond acceptors (Lipinski definition) is 4. The van der Waals surface area contributed by atoms with Crippen molar-refractivity contribution in [1.82, 2.24) is 14.8 Å². The van der Waals surface area contributed by atoms with Crippen molar-refractivity contribution in [3.05, 3.63) is 84.7 Å². The van der Waals surface area contributed by atoms with Gasteiger partial charge >= 0.3 is 0 Å². The molecule has 4 aromatic rings. The average molecular weight is 456 g/mol. The molecule has 1 aliphatic heterocycles. The van der Waals surface area contributed by atoms with Gasteiger partial charge in [0.15, 0.2) is 10.9 Å². The molecule has 0 spiro atoms. The van der Waals surface area contributed by atoms with Crippen molar-refractivity contribution >= 4 is 28.7 Å². The van der Waals surface area contributed by atoms with E-state index < -0.39 is 0 Å². The number of aromatic nitrogens is 3. The molecule has 2 heterocycles. The number of ether oxygens (including phenoxy) is 1. The van der Waals surface area contributed by atoms with E-state index in [4.69, 9.17) is 17.0 Å². The molecule has 0 radical (unpaired) electrons. The number of nitrogens with one attached hydrogen (secondary N) is 2. The summed E-state index contributed by atoms with van der Waals surface area (Å²) in [5.74, 6) is 3.61. The molecule has 0 atom stereocenters. The van der Waals surface area contributed by atoms with Gasteiger partial charge in [0.2, 0.25) is 0 Å². The van der Waals surface area contributed by atoms with Crippen LogP contribution < -0.4 is 15.4 Å². The minimum atomic E-state index is 0.524. The molecule has 6 nitrogen and oxygen atoms in total. The highest BCUT2D eigenvalue weighted by Gasteiger charge is 2.15. The molecular formula is C26H25N5OS. The van der Waals surface area contributed by atoms with Gasteiger partial charge in [-0.2, -0.15) is 0 Å². The lowest BCUT2D eigenvalue weighted by Gasteiger charge is -2.12. The summed E-state index contributed by atoms with van der Waals surface area (Å²) in [7, 11) is 0. The van der Waals surface area contributed by atoms with Crippen LogP contribution in [-0.4, -0.2) is 19.9 Å². The van der Waals surface area contributed by atoms with Crippen molar-refractivity contribution in [2.45, 2.75) is 32.2 Å². The Balaban J connectivity index is 1.19. The first-order valence-corrected chi connectivity index (χ1v) is 11.6. The minimum absolute atomic E-state index is 0.524. The summed E-state index contributed by atoms with van der Waals surface area (Å²) in [4.78, 5) is 0. The molecule has 0 saturated carbocycles. The topological polar surface area (TPSA) is 64.0 Å². The Kier molecular flexibility index (Phi) is 6.30. The van der Waals surface area contributed by atoms with Crippen molar-refractivity contribution in [3.8, 4) is 22.9 Å². The van der Waals surface area contributed by atoms with Gasteiger partial charge in [-0.1, -0.05) is 24.6 Å². The van der Waals surface area contributed by atoms with Gasteiger partial charge in [-0.25, -0.2) is 0 Å². The molecule has 1 aliphatic rings. The number of hydrogen-bond donors (Lipinski definition) is 2. The predicted octanol–water partition coefficient (Wildman–Crippen LogP) is 6.27. The van der Waals surface area contributed by atoms with E-state index in [0.29, 0.717) is 5.11 Å². The molecule has 33 heavy (non-hydrogen) atoms. The van der Waals surface area contributed by atoms with Gasteiger partial charge in [0.1, 0.15) is 17.3 Å². The number of rotatable bonds is 5. The molecule has 7 heteroatoms. The van der Waals surface area contributed by atoms with Gasteiger partial charge in [-0.3, -0.25) is 0 Å². The third kappa shape index (κ3) is 5.21. The Bertz CT molecular complexity index is 1220. The smallest absolute Gasteiger partial charge is 0.175 e. The third-order valence-electron chi connectivity index (χ3n) is 5.60. The normalized spacial score (nSPS) is 13.0. The van der Waals surface area contributed by atoms with E-state index in [1.165, 1.54) is 19.3 Å². The second-order valence-corrected chi connectivity index (χ2v) is 8.41. The summed E-state index contributed by atoms with van der Waals surface area (Å²) >= 11 is 5.48. The van der Waals surface area contributed by atoms with Crippen LogP contribution >= 0.6 is 12.2 Å². The lowest BCUT2D eigenvalue weighted by atomic mass is 10.2. The minimum Gasteiger partial charge on any atom is -0.457 e. The largest absolute Gasteiger partial charge is 0.457 e. The van der Waals surface area contributed by atoms with E-state index in [0.717, 1.165) is 53.1 Å². The third-order valence-corrected chi connectivity index (χ3v) is 5.81. The molecule has 2 N–H and O–H groups in total. The molecule has 0 fully saturated rings. The molecule has 166 valence electrons. The maximum absolute atomic E-state index is 5.83. The summed E-state index contributed by atoms with van der Waals surface area (Å²) in [5, 5.41) is 15.8. The molecule has 5 rings (SSSR count). The van der Waals surface area contributed by atoms with Crippen LogP contribution in [0.2, 0.25) is 0 Å². The van der Waals surface area contributed by atoms with E-state index >= 15 is 0 Å². The fraction of sp³-hybridized carbons (Fsp3) is 0.192. The molecule has 0 saturated heterocycles. The SMILES string of the molecule is S=C(Nc1ccc(Oc2ccccc2)cc1)Nc1ccc(-c2nnc3n2CCCCC3)cc1. The number of aryl methyl sites for hydroxylation is 1. The average Bonchev–Trinajstić information content (AvgIpc) is 3.09. The van der Waals surface area contributed by atoms with Crippen LogP contribution in [0.4, 0.5) is 11.4 Å². The first-order chi connectivity index (χ1) is 16.2. The summed E-state index contributed by atoms with van der Waals surface area (Å²) in [6, 6.07) is 25.5. The second kappa shape index (κ2) is 9.83. The number of benzene rings is 3. The lowest BCUT2D eigenvalue weighted by molar-refractivity contribution is 0.483. The van der Waals surface area contributed by atoms with E-state index in [2.05, 4.69) is 37.5 Å². The first-order valence-electron chi connectivity index (χ1n) is 11.2. The van der Waals surface area contributed by atoms with Crippen LogP contribution in [0.15, 0.2) is 78.9 Å². The monoisotopic (exact) mass is 455 g/mol. The first kappa shape index (κ1) is 21.2. The Labute approximate surface area is 198 Å². The van der Waals surface area contributed by atoms with Crippen LogP contribution in [0.5, 0.6) is 11.5 Å². The highest BCUT2D eigenvalue weighted by atomic mass is 32.1. The molecule has 3 aromatic carbocycles. The van der Waals surface area contributed by atoms with Crippen molar-refractivity contribution in [1.29, 1.82) is 0 Å². The molecule has 0 unspecified atom stereocenters. The zero-order chi connectivity index (χ0) is 22.5. The highest BCUT2D eigenvalue weighted by molar-refractivity contribution is 7.80. The van der Waals surface area contributed by atoms with Gasteiger partial charge in [0.05, 0.1) is 0 Å². The lowest BCUT2D eigenvalue weighted by Crippen LogP contribution is -2.18. The maximum atomic E-state index is 5.83. The fourth-order valence-corrected chi connectivity index (χ4v) is 4.16. The quantitative estimate of drug-likeness (QED) is 0.346. The van der Waals surface area contributed by atoms with Crippen molar-refractivity contribution < 1.29 is 4.74 Å². The highest BCUT2D eigenvalue weighted by Crippen LogP contribution is 2.25. The van der Waals surface area contributed by atoms with Gasteiger partial charge in [0.25, 0.3) is 0 Å². The summed E-state index contributed by atoms with van der Waals surface area (Å²) in [5.41, 5.74) is 2.86. The number of anilines is 2. The van der Waals surface area contributed by atoms with Crippen LogP contribution in [0.3, 0.4) is 0 Å². The summed E-state index contributed by atoms with van der Waals surface area (Å²) < 4.78 is 8.09. The Morgan fingerprint density at radius 2 is 1.42 bits per heavy atom. The number of thiocarbonyl (C=S) groups is 1. The molecule has 0 aliphatic carbocycles. The van der Waals surface area contributed by atoms with Crippen LogP contribution in [-0.2, 0) is 13.0 Å². The van der Waals surface area contributed by atoms with Crippen molar-refractivity contribution in [2.24, 2.45) is 0 Å². The van der Waals surface area contributed by atoms with Gasteiger partial charge in [-0.05, 0) is 85.7 Å². The number of para-hydroxylation sites is 1. The molecular weight excluding hydrogens is 430 g/mol. The second-order valence-electron chi connectivity index (χ2n) is 8.00. The standard InChI is InChI=1S/C26H25N5OS/c33-26(28-21-14-16-23(17-15-21)32-22-7-3-1-4-8-22)27-20-12-10-19(11-13-20)25-30-29-24-9-5-2-6-18-31(24)25/h1,3-4,7-8,10-17H,2,5-6,9,18H2,(H2,27,28,33). The van der Waals surface area contributed by atoms with Crippen LogP contribution in [0, 0.1) is 0 Å². The van der Waals surface area contributed by atoms with Crippen LogP contribution in [0.25, 0.3) is 11.4 Å². The van der Waals surface area contributed by atoms with Crippen molar-refractivity contribution in [2.75, 3.05) is 10.6 Å². The Morgan fingerprint density at radius 3 is 2.15 bits per heavy atom. The summed E-state index contributed by atoms with van der Waals surface area (Å²) in [6.45, 7) is 0.987. The Hall–Kier alpha value is -3.71. The fourth-order valence-electron chi connectivity index (χ4n) is 3.93. The van der Waals surface area contributed by atoms with E-state index in [1.54, 1.807) is 0 Å². The maximum Gasteiger partial charge on any atom is 0.175 e. The molecule has 0 bridgehead atoms. The van der Waals surface area contributed by atoms with E-state index in [-0.39, 0.29) is 0 Å².